The summed E-state index contributed by atoms with van der Waals surface area (Å²) in [6, 6.07) is 9.54. The second-order valence-corrected chi connectivity index (χ2v) is 3.90. The molecule has 2 rings (SSSR count). The Morgan fingerprint density at radius 3 is 2.61 bits per heavy atom. The van der Waals surface area contributed by atoms with E-state index in [0.29, 0.717) is 12.2 Å². The molecule has 0 radical (unpaired) electrons. The predicted octanol–water partition coefficient (Wildman–Crippen LogP) is 2.27. The molecule has 0 aliphatic carbocycles. The standard InChI is InChI=1S/C14H16N2O2/c1-17-12-5-6-13(18-2)11(9-12)8-10-4-3-7-16-14(10)15/h3-7,9H,8H2,1-2H3,(H2,15,16). The minimum atomic E-state index is 0.544. The number of pyridine rings is 1. The molecule has 0 fully saturated rings. The Hall–Kier alpha value is -2.23. The number of nitrogens with zero attached hydrogens (tertiary/aromatic N) is 1. The van der Waals surface area contributed by atoms with E-state index >= 15 is 0 Å². The van der Waals surface area contributed by atoms with Crippen molar-refractivity contribution in [2.75, 3.05) is 20.0 Å². The van der Waals surface area contributed by atoms with E-state index in [9.17, 15) is 0 Å². The first-order valence-corrected chi connectivity index (χ1v) is 5.65. The molecule has 4 nitrogen and oxygen atoms in total. The summed E-state index contributed by atoms with van der Waals surface area (Å²) >= 11 is 0. The van der Waals surface area contributed by atoms with Gasteiger partial charge in [-0.15, -0.1) is 0 Å². The van der Waals surface area contributed by atoms with Crippen LogP contribution in [0.25, 0.3) is 0 Å². The minimum absolute atomic E-state index is 0.544. The highest BCUT2D eigenvalue weighted by Crippen LogP contribution is 2.27. The maximum absolute atomic E-state index is 5.85. The van der Waals surface area contributed by atoms with Crippen LogP contribution in [0.4, 0.5) is 5.82 Å². The summed E-state index contributed by atoms with van der Waals surface area (Å²) in [4.78, 5) is 4.08. The fourth-order valence-corrected chi connectivity index (χ4v) is 1.83. The van der Waals surface area contributed by atoms with Gasteiger partial charge in [0.2, 0.25) is 0 Å². The van der Waals surface area contributed by atoms with Gasteiger partial charge in [-0.05, 0) is 29.8 Å². The molecular formula is C14H16N2O2. The van der Waals surface area contributed by atoms with Gasteiger partial charge in [0, 0.05) is 18.2 Å². The molecule has 0 amide bonds. The average Bonchev–Trinajstić information content (AvgIpc) is 2.41. The quantitative estimate of drug-likeness (QED) is 0.896. The number of aromatic nitrogens is 1. The van der Waals surface area contributed by atoms with Gasteiger partial charge in [-0.3, -0.25) is 0 Å². The lowest BCUT2D eigenvalue weighted by molar-refractivity contribution is 0.399. The Labute approximate surface area is 106 Å². The number of hydrogen-bond acceptors (Lipinski definition) is 4. The maximum atomic E-state index is 5.85. The van der Waals surface area contributed by atoms with Gasteiger partial charge in [0.15, 0.2) is 0 Å². The topological polar surface area (TPSA) is 57.4 Å². The summed E-state index contributed by atoms with van der Waals surface area (Å²) < 4.78 is 10.6. The van der Waals surface area contributed by atoms with E-state index < -0.39 is 0 Å². The summed E-state index contributed by atoms with van der Waals surface area (Å²) in [6.07, 6.45) is 2.35. The van der Waals surface area contributed by atoms with Crippen molar-refractivity contribution >= 4 is 5.82 Å². The molecule has 0 unspecified atom stereocenters. The van der Waals surface area contributed by atoms with Crippen LogP contribution in [0.2, 0.25) is 0 Å². The highest BCUT2D eigenvalue weighted by molar-refractivity contribution is 5.47. The van der Waals surface area contributed by atoms with Gasteiger partial charge < -0.3 is 15.2 Å². The first-order valence-electron chi connectivity index (χ1n) is 5.65. The van der Waals surface area contributed by atoms with Crippen molar-refractivity contribution < 1.29 is 9.47 Å². The van der Waals surface area contributed by atoms with Crippen molar-refractivity contribution in [3.05, 3.63) is 47.7 Å². The van der Waals surface area contributed by atoms with Crippen molar-refractivity contribution in [2.45, 2.75) is 6.42 Å². The van der Waals surface area contributed by atoms with E-state index in [4.69, 9.17) is 15.2 Å². The van der Waals surface area contributed by atoms with Crippen LogP contribution in [-0.2, 0) is 6.42 Å². The number of methoxy groups -OCH3 is 2. The van der Waals surface area contributed by atoms with Gasteiger partial charge >= 0.3 is 0 Å². The Bertz CT molecular complexity index is 541. The maximum Gasteiger partial charge on any atom is 0.126 e. The molecule has 0 aliphatic heterocycles. The first kappa shape index (κ1) is 12.2. The van der Waals surface area contributed by atoms with Crippen molar-refractivity contribution in [1.29, 1.82) is 0 Å². The van der Waals surface area contributed by atoms with Crippen LogP contribution in [0.3, 0.4) is 0 Å². The van der Waals surface area contributed by atoms with Crippen LogP contribution in [0, 0.1) is 0 Å². The Kier molecular flexibility index (Phi) is 3.67. The molecule has 1 heterocycles. The normalized spacial score (nSPS) is 10.1. The fourth-order valence-electron chi connectivity index (χ4n) is 1.83. The van der Waals surface area contributed by atoms with E-state index in [1.165, 1.54) is 0 Å². The lowest BCUT2D eigenvalue weighted by Crippen LogP contribution is -2.00. The Balaban J connectivity index is 2.35. The molecule has 4 heteroatoms. The van der Waals surface area contributed by atoms with Crippen LogP contribution in [0.1, 0.15) is 11.1 Å². The molecule has 1 aromatic heterocycles. The molecule has 0 bridgehead atoms. The van der Waals surface area contributed by atoms with Gasteiger partial charge in [-0.2, -0.15) is 0 Å². The third-order valence-corrected chi connectivity index (χ3v) is 2.79. The minimum Gasteiger partial charge on any atom is -0.497 e. The van der Waals surface area contributed by atoms with E-state index in [1.54, 1.807) is 20.4 Å². The van der Waals surface area contributed by atoms with Crippen molar-refractivity contribution in [3.63, 3.8) is 0 Å². The number of ether oxygens (including phenoxy) is 2. The van der Waals surface area contributed by atoms with Crippen molar-refractivity contribution in [2.24, 2.45) is 0 Å². The zero-order valence-electron chi connectivity index (χ0n) is 10.5. The fraction of sp³-hybridized carbons (Fsp3) is 0.214. The van der Waals surface area contributed by atoms with Crippen LogP contribution in [0.15, 0.2) is 36.5 Å². The summed E-state index contributed by atoms with van der Waals surface area (Å²) in [7, 11) is 3.29. The third kappa shape index (κ3) is 2.53. The van der Waals surface area contributed by atoms with Crippen molar-refractivity contribution in [1.82, 2.24) is 4.98 Å². The number of rotatable bonds is 4. The largest absolute Gasteiger partial charge is 0.497 e. The molecule has 0 aliphatic rings. The third-order valence-electron chi connectivity index (χ3n) is 2.79. The summed E-state index contributed by atoms with van der Waals surface area (Å²) in [6.45, 7) is 0. The number of hydrogen-bond donors (Lipinski definition) is 1. The highest BCUT2D eigenvalue weighted by Gasteiger charge is 2.08. The SMILES string of the molecule is COc1ccc(OC)c(Cc2cccnc2N)c1. The number of nitrogen functional groups attached to an aromatic ring is 1. The lowest BCUT2D eigenvalue weighted by Gasteiger charge is -2.11. The molecule has 2 aromatic rings. The molecule has 18 heavy (non-hydrogen) atoms. The number of benzene rings is 1. The van der Waals surface area contributed by atoms with E-state index in [-0.39, 0.29) is 0 Å². The van der Waals surface area contributed by atoms with Crippen LogP contribution in [-0.4, -0.2) is 19.2 Å². The highest BCUT2D eigenvalue weighted by atomic mass is 16.5. The molecule has 2 N–H and O–H groups in total. The zero-order valence-corrected chi connectivity index (χ0v) is 10.5. The first-order chi connectivity index (χ1) is 8.74. The lowest BCUT2D eigenvalue weighted by atomic mass is 10.0. The molecule has 0 saturated heterocycles. The van der Waals surface area contributed by atoms with Crippen LogP contribution in [0.5, 0.6) is 11.5 Å². The molecular weight excluding hydrogens is 228 g/mol. The van der Waals surface area contributed by atoms with E-state index in [2.05, 4.69) is 4.98 Å². The second-order valence-electron chi connectivity index (χ2n) is 3.90. The molecule has 0 atom stereocenters. The van der Waals surface area contributed by atoms with Gasteiger partial charge in [0.05, 0.1) is 14.2 Å². The molecule has 1 aromatic carbocycles. The summed E-state index contributed by atoms with van der Waals surface area (Å²) in [5, 5.41) is 0. The van der Waals surface area contributed by atoms with Gasteiger partial charge in [0.1, 0.15) is 17.3 Å². The second kappa shape index (κ2) is 5.40. The van der Waals surface area contributed by atoms with Crippen molar-refractivity contribution in [3.8, 4) is 11.5 Å². The van der Waals surface area contributed by atoms with Gasteiger partial charge in [0.25, 0.3) is 0 Å². The zero-order chi connectivity index (χ0) is 13.0. The van der Waals surface area contributed by atoms with E-state index in [1.807, 2.05) is 30.3 Å². The van der Waals surface area contributed by atoms with E-state index in [0.717, 1.165) is 22.6 Å². The monoisotopic (exact) mass is 244 g/mol. The smallest absolute Gasteiger partial charge is 0.126 e. The molecule has 94 valence electrons. The predicted molar refractivity (Wildman–Crippen MR) is 71.0 cm³/mol. The molecule has 0 spiro atoms. The Morgan fingerprint density at radius 1 is 1.11 bits per heavy atom. The number of nitrogens with two attached hydrogens (primary N) is 1. The number of anilines is 1. The van der Waals surface area contributed by atoms with Gasteiger partial charge in [-0.1, -0.05) is 6.07 Å². The van der Waals surface area contributed by atoms with Crippen LogP contribution >= 0.6 is 0 Å². The average molecular weight is 244 g/mol. The Morgan fingerprint density at radius 2 is 1.94 bits per heavy atom. The molecule has 0 saturated carbocycles. The van der Waals surface area contributed by atoms with Crippen LogP contribution < -0.4 is 15.2 Å². The summed E-state index contributed by atoms with van der Waals surface area (Å²) in [5.41, 5.74) is 7.85. The van der Waals surface area contributed by atoms with Gasteiger partial charge in [-0.25, -0.2) is 4.98 Å². The summed E-state index contributed by atoms with van der Waals surface area (Å²) in [5.74, 6) is 2.16.